The van der Waals surface area contributed by atoms with Crippen molar-refractivity contribution in [3.05, 3.63) is 74.8 Å². The third-order valence-electron chi connectivity index (χ3n) is 6.83. The van der Waals surface area contributed by atoms with Crippen LogP contribution in [0.25, 0.3) is 12.2 Å². The van der Waals surface area contributed by atoms with Gasteiger partial charge in [0.2, 0.25) is 0 Å². The van der Waals surface area contributed by atoms with Gasteiger partial charge in [-0.1, -0.05) is 87.2 Å². The molecule has 1 heterocycles. The van der Waals surface area contributed by atoms with Crippen LogP contribution < -0.4 is 0 Å². The molecular formula is C28H32N2O2S2. The third kappa shape index (κ3) is 5.44. The maximum Gasteiger partial charge on any atom is 0.335 e. The van der Waals surface area contributed by atoms with Crippen molar-refractivity contribution in [3.63, 3.8) is 0 Å². The zero-order valence-corrected chi connectivity index (χ0v) is 22.1. The maximum atomic E-state index is 11.2. The first-order chi connectivity index (χ1) is 16.0. The summed E-state index contributed by atoms with van der Waals surface area (Å²) >= 11 is 3.41. The molecule has 1 aliphatic rings. The molecule has 0 saturated heterocycles. The Bertz CT molecular complexity index is 1220. The van der Waals surface area contributed by atoms with Crippen molar-refractivity contribution >= 4 is 41.2 Å². The number of nitrogens with zero attached hydrogens (tertiary/aromatic N) is 2. The minimum Gasteiger partial charge on any atom is -0.478 e. The van der Waals surface area contributed by atoms with Gasteiger partial charge in [-0.3, -0.25) is 0 Å². The number of benzene rings is 2. The Hall–Kier alpha value is -2.44. The topological polar surface area (TPSA) is 63.1 Å². The molecular weight excluding hydrogens is 460 g/mol. The van der Waals surface area contributed by atoms with E-state index in [1.165, 1.54) is 35.1 Å². The monoisotopic (exact) mass is 492 g/mol. The molecule has 0 bridgehead atoms. The second-order valence-electron chi connectivity index (χ2n) is 10.3. The highest BCUT2D eigenvalue weighted by Gasteiger charge is 2.37. The van der Waals surface area contributed by atoms with Crippen LogP contribution in [0.4, 0.5) is 0 Å². The van der Waals surface area contributed by atoms with E-state index in [2.05, 4.69) is 62.2 Å². The van der Waals surface area contributed by atoms with Crippen molar-refractivity contribution in [3.8, 4) is 0 Å². The zero-order valence-electron chi connectivity index (χ0n) is 20.5. The second-order valence-corrected chi connectivity index (χ2v) is 12.8. The Morgan fingerprint density at radius 1 is 1.03 bits per heavy atom. The lowest BCUT2D eigenvalue weighted by atomic mass is 9.62. The number of carbonyl (C=O) groups is 1. The van der Waals surface area contributed by atoms with E-state index in [4.69, 9.17) is 5.11 Å². The number of thioether (sulfide) groups is 1. The fourth-order valence-corrected chi connectivity index (χ4v) is 6.41. The Morgan fingerprint density at radius 3 is 2.26 bits per heavy atom. The average molecular weight is 493 g/mol. The predicted octanol–water partition coefficient (Wildman–Crippen LogP) is 7.40. The SMILES string of the molecule is Cc1nnc(SCCc2cc3c(cc2C=Cc2ccc(C(=O)O)cc2)C(C)(C)CCC3(C)C)s1. The normalized spacial score (nSPS) is 16.5. The van der Waals surface area contributed by atoms with Gasteiger partial charge < -0.3 is 5.11 Å². The Morgan fingerprint density at radius 2 is 1.68 bits per heavy atom. The van der Waals surface area contributed by atoms with Crippen LogP contribution in [0.15, 0.2) is 40.7 Å². The van der Waals surface area contributed by atoms with Gasteiger partial charge in [0, 0.05) is 5.75 Å². The summed E-state index contributed by atoms with van der Waals surface area (Å²) in [6, 6.07) is 11.9. The van der Waals surface area contributed by atoms with E-state index in [1.807, 2.05) is 19.1 Å². The smallest absolute Gasteiger partial charge is 0.335 e. The van der Waals surface area contributed by atoms with Crippen LogP contribution in [0.1, 0.15) is 83.7 Å². The van der Waals surface area contributed by atoms with Gasteiger partial charge in [-0.15, -0.1) is 10.2 Å². The van der Waals surface area contributed by atoms with E-state index in [0.717, 1.165) is 27.1 Å². The number of fused-ring (bicyclic) bond motifs is 1. The molecule has 0 radical (unpaired) electrons. The van der Waals surface area contributed by atoms with Crippen LogP contribution in [0.3, 0.4) is 0 Å². The lowest BCUT2D eigenvalue weighted by molar-refractivity contribution is 0.0697. The first-order valence-corrected chi connectivity index (χ1v) is 13.5. The molecule has 0 atom stereocenters. The molecule has 1 aromatic heterocycles. The Balaban J connectivity index is 1.67. The van der Waals surface area contributed by atoms with E-state index in [1.54, 1.807) is 35.2 Å². The molecule has 0 fully saturated rings. The molecule has 2 aromatic carbocycles. The van der Waals surface area contributed by atoms with E-state index < -0.39 is 5.97 Å². The van der Waals surface area contributed by atoms with Gasteiger partial charge in [0.15, 0.2) is 4.34 Å². The molecule has 178 valence electrons. The van der Waals surface area contributed by atoms with E-state index in [0.29, 0.717) is 5.56 Å². The molecule has 0 aliphatic heterocycles. The van der Waals surface area contributed by atoms with Crippen LogP contribution in [-0.2, 0) is 17.3 Å². The fraction of sp³-hybridized carbons (Fsp3) is 0.393. The number of rotatable bonds is 7. The van der Waals surface area contributed by atoms with E-state index in [-0.39, 0.29) is 10.8 Å². The summed E-state index contributed by atoms with van der Waals surface area (Å²) in [5.41, 5.74) is 7.11. The molecule has 6 heteroatoms. The lowest BCUT2D eigenvalue weighted by Gasteiger charge is -2.42. The summed E-state index contributed by atoms with van der Waals surface area (Å²) in [7, 11) is 0. The highest BCUT2D eigenvalue weighted by molar-refractivity contribution is 8.01. The predicted molar refractivity (Wildman–Crippen MR) is 143 cm³/mol. The third-order valence-corrected chi connectivity index (χ3v) is 8.80. The molecule has 3 aromatic rings. The number of aromatic carboxylic acids is 1. The average Bonchev–Trinajstić information content (AvgIpc) is 3.21. The van der Waals surface area contributed by atoms with Gasteiger partial charge >= 0.3 is 5.97 Å². The number of aromatic nitrogens is 2. The first-order valence-electron chi connectivity index (χ1n) is 11.7. The molecule has 0 amide bonds. The molecule has 0 unspecified atom stereocenters. The molecule has 4 nitrogen and oxygen atoms in total. The Kier molecular flexibility index (Phi) is 7.02. The standard InChI is InChI=1S/C28H32N2O2S2/c1-18-29-30-26(34-18)33-15-12-22-17-24-23(27(2,3)13-14-28(24,4)5)16-21(22)11-8-19-6-9-20(10-7-19)25(31)32/h6-11,16-17H,12-15H2,1-5H3,(H,31,32). The van der Waals surface area contributed by atoms with Crippen molar-refractivity contribution in [1.29, 1.82) is 0 Å². The number of carboxylic acid groups (broad SMARTS) is 1. The Labute approximate surface area is 210 Å². The highest BCUT2D eigenvalue weighted by Crippen LogP contribution is 2.47. The minimum atomic E-state index is -0.902. The van der Waals surface area contributed by atoms with Crippen molar-refractivity contribution < 1.29 is 9.90 Å². The lowest BCUT2D eigenvalue weighted by Crippen LogP contribution is -2.34. The highest BCUT2D eigenvalue weighted by atomic mass is 32.2. The summed E-state index contributed by atoms with van der Waals surface area (Å²) in [6.07, 6.45) is 7.58. The number of hydrogen-bond donors (Lipinski definition) is 1. The largest absolute Gasteiger partial charge is 0.478 e. The molecule has 1 N–H and O–H groups in total. The van der Waals surface area contributed by atoms with Crippen LogP contribution in [0.2, 0.25) is 0 Å². The van der Waals surface area contributed by atoms with Gasteiger partial charge in [0.1, 0.15) is 5.01 Å². The van der Waals surface area contributed by atoms with Gasteiger partial charge in [0.05, 0.1) is 5.56 Å². The molecule has 4 rings (SSSR count). The minimum absolute atomic E-state index is 0.147. The summed E-state index contributed by atoms with van der Waals surface area (Å²) in [5.74, 6) is 0.0475. The number of aryl methyl sites for hydroxylation is 2. The molecule has 0 spiro atoms. The van der Waals surface area contributed by atoms with Crippen molar-refractivity contribution in [2.24, 2.45) is 0 Å². The van der Waals surface area contributed by atoms with E-state index >= 15 is 0 Å². The van der Waals surface area contributed by atoms with Gasteiger partial charge in [-0.2, -0.15) is 0 Å². The zero-order chi connectivity index (χ0) is 24.5. The number of carboxylic acids is 1. The summed E-state index contributed by atoms with van der Waals surface area (Å²) in [5, 5.41) is 18.5. The van der Waals surface area contributed by atoms with Crippen LogP contribution in [0, 0.1) is 6.92 Å². The summed E-state index contributed by atoms with van der Waals surface area (Å²) < 4.78 is 1.02. The molecule has 0 saturated carbocycles. The van der Waals surface area contributed by atoms with Gasteiger partial charge in [-0.25, -0.2) is 4.79 Å². The number of hydrogen-bond acceptors (Lipinski definition) is 5. The molecule has 34 heavy (non-hydrogen) atoms. The summed E-state index contributed by atoms with van der Waals surface area (Å²) in [4.78, 5) is 11.2. The fourth-order valence-electron chi connectivity index (χ4n) is 4.55. The van der Waals surface area contributed by atoms with Crippen molar-refractivity contribution in [1.82, 2.24) is 10.2 Å². The first kappa shape index (κ1) is 24.7. The van der Waals surface area contributed by atoms with Crippen LogP contribution in [-0.4, -0.2) is 27.0 Å². The quantitative estimate of drug-likeness (QED) is 0.275. The van der Waals surface area contributed by atoms with Crippen molar-refractivity contribution in [2.75, 3.05) is 5.75 Å². The van der Waals surface area contributed by atoms with Crippen LogP contribution in [0.5, 0.6) is 0 Å². The maximum absolute atomic E-state index is 11.2. The van der Waals surface area contributed by atoms with E-state index in [9.17, 15) is 4.79 Å². The van der Waals surface area contributed by atoms with Crippen LogP contribution >= 0.6 is 23.1 Å². The van der Waals surface area contributed by atoms with Crippen molar-refractivity contribution in [2.45, 2.75) is 69.1 Å². The summed E-state index contributed by atoms with van der Waals surface area (Å²) in [6.45, 7) is 11.4. The van der Waals surface area contributed by atoms with Gasteiger partial charge in [0.25, 0.3) is 0 Å². The molecule has 1 aliphatic carbocycles. The van der Waals surface area contributed by atoms with Gasteiger partial charge in [-0.05, 0) is 77.0 Å². The second kappa shape index (κ2) is 9.67.